The number of rotatable bonds is 4. The van der Waals surface area contributed by atoms with E-state index in [9.17, 15) is 8.42 Å². The molecule has 0 aliphatic heterocycles. The van der Waals surface area contributed by atoms with Crippen LogP contribution < -0.4 is 9.54 Å². The first kappa shape index (κ1) is 16.7. The van der Waals surface area contributed by atoms with Crippen LogP contribution in [-0.2, 0) is 23.5 Å². The lowest BCUT2D eigenvalue weighted by molar-refractivity contribution is 0.414. The second kappa shape index (κ2) is 6.41. The van der Waals surface area contributed by atoms with Crippen LogP contribution in [0.3, 0.4) is 0 Å². The van der Waals surface area contributed by atoms with Gasteiger partial charge in [0.25, 0.3) is 10.0 Å². The minimum Gasteiger partial charge on any atom is -0.497 e. The molecule has 0 aliphatic rings. The Labute approximate surface area is 144 Å². The summed E-state index contributed by atoms with van der Waals surface area (Å²) in [6.07, 6.45) is 0.939. The standard InChI is InChI=1S/C17H18N2O3S2/c1-4-12-5-10-15-16(11-12)23-17(19(15)2)18-24(20,21)14-8-6-13(22-3)7-9-14/h5-11H,4H2,1-3H3. The summed E-state index contributed by atoms with van der Waals surface area (Å²) >= 11 is 1.38. The first-order chi connectivity index (χ1) is 11.4. The van der Waals surface area contributed by atoms with Crippen molar-refractivity contribution in [2.75, 3.05) is 7.11 Å². The summed E-state index contributed by atoms with van der Waals surface area (Å²) in [6, 6.07) is 12.4. The van der Waals surface area contributed by atoms with Gasteiger partial charge in [0.15, 0.2) is 0 Å². The molecule has 126 valence electrons. The Bertz CT molecular complexity index is 1050. The molecular formula is C17H18N2O3S2. The number of fused-ring (bicyclic) bond motifs is 1. The fourth-order valence-corrected chi connectivity index (χ4v) is 4.70. The van der Waals surface area contributed by atoms with E-state index in [4.69, 9.17) is 4.74 Å². The predicted molar refractivity (Wildman–Crippen MR) is 95.9 cm³/mol. The van der Waals surface area contributed by atoms with E-state index in [1.165, 1.54) is 36.1 Å². The van der Waals surface area contributed by atoms with Crippen molar-refractivity contribution in [2.24, 2.45) is 11.4 Å². The molecule has 0 saturated heterocycles. The summed E-state index contributed by atoms with van der Waals surface area (Å²) in [5, 5.41) is 0. The van der Waals surface area contributed by atoms with Gasteiger partial charge in [0.05, 0.1) is 22.2 Å². The summed E-state index contributed by atoms with van der Waals surface area (Å²) in [4.78, 5) is 0.601. The molecule has 1 aromatic heterocycles. The highest BCUT2D eigenvalue weighted by Crippen LogP contribution is 2.20. The minimum absolute atomic E-state index is 0.148. The molecule has 2 aromatic carbocycles. The van der Waals surface area contributed by atoms with E-state index >= 15 is 0 Å². The van der Waals surface area contributed by atoms with Gasteiger partial charge in [0.1, 0.15) is 5.75 Å². The van der Waals surface area contributed by atoms with Crippen molar-refractivity contribution in [3.8, 4) is 5.75 Å². The smallest absolute Gasteiger partial charge is 0.285 e. The van der Waals surface area contributed by atoms with Crippen LogP contribution in [0.15, 0.2) is 51.8 Å². The van der Waals surface area contributed by atoms with E-state index in [0.717, 1.165) is 16.6 Å². The zero-order chi connectivity index (χ0) is 17.3. The van der Waals surface area contributed by atoms with Gasteiger partial charge in [-0.15, -0.1) is 4.40 Å². The van der Waals surface area contributed by atoms with Crippen molar-refractivity contribution in [2.45, 2.75) is 18.2 Å². The average molecular weight is 362 g/mol. The number of hydrogen-bond acceptors (Lipinski definition) is 4. The number of methoxy groups -OCH3 is 1. The number of thiazole rings is 1. The van der Waals surface area contributed by atoms with Crippen molar-refractivity contribution in [3.63, 3.8) is 0 Å². The average Bonchev–Trinajstić information content (AvgIpc) is 2.89. The highest BCUT2D eigenvalue weighted by atomic mass is 32.2. The summed E-state index contributed by atoms with van der Waals surface area (Å²) < 4.78 is 37.0. The van der Waals surface area contributed by atoms with Crippen molar-refractivity contribution < 1.29 is 13.2 Å². The van der Waals surface area contributed by atoms with Crippen LogP contribution in [0.5, 0.6) is 5.75 Å². The van der Waals surface area contributed by atoms with Crippen LogP contribution in [0.25, 0.3) is 10.2 Å². The number of nitrogens with zero attached hydrogens (tertiary/aromatic N) is 2. The third-order valence-electron chi connectivity index (χ3n) is 3.84. The molecule has 0 atom stereocenters. The number of sulfonamides is 1. The molecule has 0 unspecified atom stereocenters. The number of benzene rings is 2. The molecule has 0 bridgehead atoms. The Balaban J connectivity index is 2.12. The lowest BCUT2D eigenvalue weighted by Crippen LogP contribution is -2.13. The Morgan fingerprint density at radius 3 is 2.50 bits per heavy atom. The monoisotopic (exact) mass is 362 g/mol. The van der Waals surface area contributed by atoms with E-state index in [1.54, 1.807) is 16.7 Å². The maximum Gasteiger partial charge on any atom is 0.285 e. The maximum absolute atomic E-state index is 12.5. The zero-order valence-corrected chi connectivity index (χ0v) is 15.3. The van der Waals surface area contributed by atoms with Crippen LogP contribution in [0.4, 0.5) is 0 Å². The van der Waals surface area contributed by atoms with E-state index in [-0.39, 0.29) is 4.90 Å². The van der Waals surface area contributed by atoms with Gasteiger partial charge in [-0.25, -0.2) is 0 Å². The van der Waals surface area contributed by atoms with E-state index in [1.807, 2.05) is 13.1 Å². The largest absolute Gasteiger partial charge is 0.497 e. The molecule has 3 rings (SSSR count). The van der Waals surface area contributed by atoms with Gasteiger partial charge >= 0.3 is 0 Å². The highest BCUT2D eigenvalue weighted by molar-refractivity contribution is 7.90. The maximum atomic E-state index is 12.5. The van der Waals surface area contributed by atoms with Crippen LogP contribution in [0.2, 0.25) is 0 Å². The molecule has 0 spiro atoms. The summed E-state index contributed by atoms with van der Waals surface area (Å²) in [5.41, 5.74) is 2.19. The van der Waals surface area contributed by atoms with Crippen molar-refractivity contribution >= 4 is 31.6 Å². The summed E-state index contributed by atoms with van der Waals surface area (Å²) in [6.45, 7) is 2.09. The number of aromatic nitrogens is 1. The first-order valence-corrected chi connectivity index (χ1v) is 9.74. The Kier molecular flexibility index (Phi) is 4.47. The van der Waals surface area contributed by atoms with Gasteiger partial charge in [-0.05, 0) is 48.4 Å². The molecule has 5 nitrogen and oxygen atoms in total. The molecule has 24 heavy (non-hydrogen) atoms. The second-order valence-corrected chi connectivity index (χ2v) is 7.95. The summed E-state index contributed by atoms with van der Waals surface area (Å²) in [7, 11) is -0.402. The minimum atomic E-state index is -3.77. The molecular weight excluding hydrogens is 344 g/mol. The SMILES string of the molecule is CCc1ccc2c(c1)sc(=NS(=O)(=O)c1ccc(OC)cc1)n2C. The Morgan fingerprint density at radius 1 is 1.17 bits per heavy atom. The van der Waals surface area contributed by atoms with Crippen LogP contribution in [-0.4, -0.2) is 20.1 Å². The molecule has 3 aromatic rings. The molecule has 7 heteroatoms. The van der Waals surface area contributed by atoms with E-state index in [0.29, 0.717) is 10.6 Å². The zero-order valence-electron chi connectivity index (χ0n) is 13.7. The number of aryl methyl sites for hydroxylation is 2. The third kappa shape index (κ3) is 3.09. The molecule has 0 fully saturated rings. The van der Waals surface area contributed by atoms with Crippen LogP contribution in [0.1, 0.15) is 12.5 Å². The first-order valence-electron chi connectivity index (χ1n) is 7.48. The van der Waals surface area contributed by atoms with Crippen LogP contribution >= 0.6 is 11.3 Å². The van der Waals surface area contributed by atoms with E-state index in [2.05, 4.69) is 23.5 Å². The number of ether oxygens (including phenoxy) is 1. The number of hydrogen-bond donors (Lipinski definition) is 0. The predicted octanol–water partition coefficient (Wildman–Crippen LogP) is 3.10. The fraction of sp³-hybridized carbons (Fsp3) is 0.235. The third-order valence-corrected chi connectivity index (χ3v) is 6.33. The topological polar surface area (TPSA) is 60.7 Å². The summed E-state index contributed by atoms with van der Waals surface area (Å²) in [5.74, 6) is 0.605. The van der Waals surface area contributed by atoms with Gasteiger partial charge in [-0.3, -0.25) is 0 Å². The van der Waals surface area contributed by atoms with Crippen molar-refractivity contribution in [1.82, 2.24) is 4.57 Å². The van der Waals surface area contributed by atoms with Crippen molar-refractivity contribution in [3.05, 3.63) is 52.8 Å². The molecule has 0 N–H and O–H groups in total. The van der Waals surface area contributed by atoms with Gasteiger partial charge in [0, 0.05) is 7.05 Å². The Morgan fingerprint density at radius 2 is 1.88 bits per heavy atom. The van der Waals surface area contributed by atoms with Crippen molar-refractivity contribution in [1.29, 1.82) is 0 Å². The van der Waals surface area contributed by atoms with Gasteiger partial charge in [0.2, 0.25) is 4.80 Å². The normalized spacial score (nSPS) is 12.7. The lowest BCUT2D eigenvalue weighted by Gasteiger charge is -2.01. The molecule has 0 saturated carbocycles. The molecule has 0 amide bonds. The highest BCUT2D eigenvalue weighted by Gasteiger charge is 2.14. The Hall–Kier alpha value is -2.12. The van der Waals surface area contributed by atoms with Gasteiger partial charge < -0.3 is 9.30 Å². The van der Waals surface area contributed by atoms with Gasteiger partial charge in [-0.1, -0.05) is 24.3 Å². The molecule has 0 radical (unpaired) electrons. The quantitative estimate of drug-likeness (QED) is 0.716. The lowest BCUT2D eigenvalue weighted by atomic mass is 10.2. The van der Waals surface area contributed by atoms with Gasteiger partial charge in [-0.2, -0.15) is 8.42 Å². The van der Waals surface area contributed by atoms with E-state index < -0.39 is 10.0 Å². The second-order valence-electron chi connectivity index (χ2n) is 5.34. The molecule has 0 aliphatic carbocycles. The van der Waals surface area contributed by atoms with Crippen LogP contribution in [0, 0.1) is 0 Å². The molecule has 1 heterocycles. The fourth-order valence-electron chi connectivity index (χ4n) is 2.39.